The van der Waals surface area contributed by atoms with E-state index in [1.165, 1.54) is 0 Å². The van der Waals surface area contributed by atoms with Crippen molar-refractivity contribution in [3.8, 4) is 0 Å². The van der Waals surface area contributed by atoms with Gasteiger partial charge >= 0.3 is 6.18 Å². The van der Waals surface area contributed by atoms with E-state index in [9.17, 15) is 18.3 Å². The van der Waals surface area contributed by atoms with Crippen molar-refractivity contribution in [2.45, 2.75) is 57.7 Å². The molecule has 1 N–H and O–H groups in total. The summed E-state index contributed by atoms with van der Waals surface area (Å²) in [6.45, 7) is 2.10. The van der Waals surface area contributed by atoms with E-state index < -0.39 is 17.8 Å². The third kappa shape index (κ3) is 5.19. The second kappa shape index (κ2) is 7.48. The fraction of sp³-hybridized carbons (Fsp3) is 0.643. The van der Waals surface area contributed by atoms with Crippen LogP contribution in [0.3, 0.4) is 0 Å². The Morgan fingerprint density at radius 3 is 2.53 bits per heavy atom. The lowest BCUT2D eigenvalue weighted by Gasteiger charge is -2.16. The second-order valence-electron chi connectivity index (χ2n) is 4.68. The van der Waals surface area contributed by atoms with Crippen molar-refractivity contribution in [1.29, 1.82) is 0 Å². The van der Waals surface area contributed by atoms with Crippen LogP contribution in [-0.2, 0) is 6.18 Å². The number of aliphatic hydroxyl groups excluding tert-OH is 1. The Morgan fingerprint density at radius 2 is 1.89 bits per heavy atom. The Labute approximate surface area is 111 Å². The maximum absolute atomic E-state index is 12.8. The van der Waals surface area contributed by atoms with Crippen LogP contribution in [0.1, 0.15) is 62.7 Å². The van der Waals surface area contributed by atoms with Gasteiger partial charge in [0.25, 0.3) is 0 Å². The van der Waals surface area contributed by atoms with E-state index in [1.54, 1.807) is 0 Å². The Kier molecular flexibility index (Phi) is 6.28. The molecule has 1 atom stereocenters. The average Bonchev–Trinajstić information content (AvgIpc) is 2.37. The van der Waals surface area contributed by atoms with E-state index >= 15 is 0 Å². The smallest absolute Gasteiger partial charge is 0.388 e. The van der Waals surface area contributed by atoms with Gasteiger partial charge in [-0.25, -0.2) is 0 Å². The SMILES string of the molecule is CCCCCCCC(O)c1cnccc1C(F)(F)F. The lowest BCUT2D eigenvalue weighted by Crippen LogP contribution is -2.12. The van der Waals surface area contributed by atoms with Gasteiger partial charge < -0.3 is 5.11 Å². The summed E-state index contributed by atoms with van der Waals surface area (Å²) in [5, 5.41) is 9.88. The van der Waals surface area contributed by atoms with Crippen LogP contribution >= 0.6 is 0 Å². The van der Waals surface area contributed by atoms with Gasteiger partial charge in [-0.3, -0.25) is 4.98 Å². The summed E-state index contributed by atoms with van der Waals surface area (Å²) >= 11 is 0. The van der Waals surface area contributed by atoms with Crippen LogP contribution in [0, 0.1) is 0 Å². The van der Waals surface area contributed by atoms with E-state index in [0.717, 1.165) is 50.6 Å². The summed E-state index contributed by atoms with van der Waals surface area (Å²) in [6.07, 6.45) is 1.98. The molecule has 0 amide bonds. The summed E-state index contributed by atoms with van der Waals surface area (Å²) < 4.78 is 38.3. The van der Waals surface area contributed by atoms with Crippen molar-refractivity contribution in [3.05, 3.63) is 29.6 Å². The average molecular weight is 275 g/mol. The number of nitrogens with zero attached hydrogens (tertiary/aromatic N) is 1. The monoisotopic (exact) mass is 275 g/mol. The number of pyridine rings is 1. The minimum Gasteiger partial charge on any atom is -0.388 e. The molecule has 0 saturated heterocycles. The Balaban J connectivity index is 2.59. The predicted molar refractivity (Wildman–Crippen MR) is 67.6 cm³/mol. The number of aromatic nitrogens is 1. The van der Waals surface area contributed by atoms with E-state index in [1.807, 2.05) is 0 Å². The molecule has 0 radical (unpaired) electrons. The lowest BCUT2D eigenvalue weighted by molar-refractivity contribution is -0.139. The van der Waals surface area contributed by atoms with Crippen molar-refractivity contribution in [3.63, 3.8) is 0 Å². The van der Waals surface area contributed by atoms with Gasteiger partial charge in [-0.2, -0.15) is 13.2 Å². The first-order valence-electron chi connectivity index (χ1n) is 6.66. The molecule has 0 aliphatic rings. The molecule has 19 heavy (non-hydrogen) atoms. The molecule has 0 aliphatic carbocycles. The summed E-state index contributed by atoms with van der Waals surface area (Å²) in [4.78, 5) is 3.68. The fourth-order valence-electron chi connectivity index (χ4n) is 2.03. The van der Waals surface area contributed by atoms with Crippen LogP contribution in [0.15, 0.2) is 18.5 Å². The van der Waals surface area contributed by atoms with Gasteiger partial charge in [-0.05, 0) is 12.5 Å². The van der Waals surface area contributed by atoms with E-state index in [4.69, 9.17) is 0 Å². The van der Waals surface area contributed by atoms with Crippen LogP contribution in [0.2, 0.25) is 0 Å². The Morgan fingerprint density at radius 1 is 1.21 bits per heavy atom. The largest absolute Gasteiger partial charge is 0.416 e. The summed E-state index contributed by atoms with van der Waals surface area (Å²) in [6, 6.07) is 0.912. The maximum atomic E-state index is 12.8. The lowest BCUT2D eigenvalue weighted by atomic mass is 9.99. The molecule has 2 nitrogen and oxygen atoms in total. The van der Waals surface area contributed by atoms with Crippen molar-refractivity contribution < 1.29 is 18.3 Å². The number of hydrogen-bond donors (Lipinski definition) is 1. The van der Waals surface area contributed by atoms with Crippen molar-refractivity contribution >= 4 is 0 Å². The molecule has 0 spiro atoms. The highest BCUT2D eigenvalue weighted by Gasteiger charge is 2.34. The first-order valence-corrected chi connectivity index (χ1v) is 6.66. The molecule has 0 fully saturated rings. The third-order valence-corrected chi connectivity index (χ3v) is 3.10. The van der Waals surface area contributed by atoms with Gasteiger partial charge in [0.2, 0.25) is 0 Å². The molecule has 1 unspecified atom stereocenters. The zero-order valence-corrected chi connectivity index (χ0v) is 11.1. The Hall–Kier alpha value is -1.10. The standard InChI is InChI=1S/C14H20F3NO/c1-2-3-4-5-6-7-13(19)11-10-18-9-8-12(11)14(15,16)17/h8-10,13,19H,2-7H2,1H3. The second-order valence-corrected chi connectivity index (χ2v) is 4.68. The van der Waals surface area contributed by atoms with Crippen molar-refractivity contribution in [2.75, 3.05) is 0 Å². The zero-order valence-electron chi connectivity index (χ0n) is 11.1. The molecule has 1 rings (SSSR count). The van der Waals surface area contributed by atoms with Crippen LogP contribution in [-0.4, -0.2) is 10.1 Å². The van der Waals surface area contributed by atoms with E-state index in [2.05, 4.69) is 11.9 Å². The third-order valence-electron chi connectivity index (χ3n) is 3.10. The van der Waals surface area contributed by atoms with Crippen molar-refractivity contribution in [1.82, 2.24) is 4.98 Å². The number of halogens is 3. The number of rotatable bonds is 7. The number of unbranched alkanes of at least 4 members (excludes halogenated alkanes) is 4. The van der Waals surface area contributed by atoms with Crippen LogP contribution in [0.25, 0.3) is 0 Å². The van der Waals surface area contributed by atoms with Crippen LogP contribution in [0.4, 0.5) is 13.2 Å². The minimum absolute atomic E-state index is 0.120. The quantitative estimate of drug-likeness (QED) is 0.743. The molecular weight excluding hydrogens is 255 g/mol. The molecule has 0 aromatic carbocycles. The van der Waals surface area contributed by atoms with Gasteiger partial charge in [0, 0.05) is 18.0 Å². The number of alkyl halides is 3. The highest BCUT2D eigenvalue weighted by Crippen LogP contribution is 2.35. The van der Waals surface area contributed by atoms with Gasteiger partial charge in [0.1, 0.15) is 0 Å². The number of aliphatic hydroxyl groups is 1. The molecule has 0 saturated carbocycles. The van der Waals surface area contributed by atoms with E-state index in [-0.39, 0.29) is 5.56 Å². The van der Waals surface area contributed by atoms with Gasteiger partial charge in [0.05, 0.1) is 11.7 Å². The first kappa shape index (κ1) is 16.0. The molecule has 5 heteroatoms. The Bertz CT molecular complexity index is 379. The summed E-state index contributed by atoms with van der Waals surface area (Å²) in [5.74, 6) is 0. The zero-order chi connectivity index (χ0) is 14.3. The minimum atomic E-state index is -4.44. The maximum Gasteiger partial charge on any atom is 0.416 e. The topological polar surface area (TPSA) is 33.1 Å². The molecule has 0 aliphatic heterocycles. The van der Waals surface area contributed by atoms with E-state index in [0.29, 0.717) is 6.42 Å². The van der Waals surface area contributed by atoms with Crippen molar-refractivity contribution in [2.24, 2.45) is 0 Å². The highest BCUT2D eigenvalue weighted by molar-refractivity contribution is 5.28. The van der Waals surface area contributed by atoms with Gasteiger partial charge in [-0.1, -0.05) is 39.0 Å². The fourth-order valence-corrected chi connectivity index (χ4v) is 2.03. The molecule has 108 valence electrons. The molecule has 1 heterocycles. The van der Waals surface area contributed by atoms with Crippen LogP contribution < -0.4 is 0 Å². The highest BCUT2D eigenvalue weighted by atomic mass is 19.4. The molecule has 0 bridgehead atoms. The summed E-state index contributed by atoms with van der Waals surface area (Å²) in [5.41, 5.74) is -0.908. The van der Waals surface area contributed by atoms with Crippen LogP contribution in [0.5, 0.6) is 0 Å². The molecular formula is C14H20F3NO. The van der Waals surface area contributed by atoms with Gasteiger partial charge in [-0.15, -0.1) is 0 Å². The van der Waals surface area contributed by atoms with Gasteiger partial charge in [0.15, 0.2) is 0 Å². The summed E-state index contributed by atoms with van der Waals surface area (Å²) in [7, 11) is 0. The predicted octanol–water partition coefficient (Wildman–Crippen LogP) is 4.49. The normalized spacial score (nSPS) is 13.5. The first-order chi connectivity index (χ1) is 8.96. The number of hydrogen-bond acceptors (Lipinski definition) is 2. The molecule has 1 aromatic rings. The molecule has 1 aromatic heterocycles.